The van der Waals surface area contributed by atoms with E-state index in [1.165, 1.54) is 30.7 Å². The minimum absolute atomic E-state index is 0.0250. The van der Waals surface area contributed by atoms with E-state index in [1.807, 2.05) is 0 Å². The van der Waals surface area contributed by atoms with Crippen molar-refractivity contribution in [2.24, 2.45) is 5.14 Å². The summed E-state index contributed by atoms with van der Waals surface area (Å²) >= 11 is 0. The van der Waals surface area contributed by atoms with Gasteiger partial charge in [-0.3, -0.25) is 4.79 Å². The fourth-order valence-electron chi connectivity index (χ4n) is 3.74. The number of carbonyl (C=O) groups is 1. The molecule has 4 N–H and O–H groups in total. The molecule has 2 aliphatic heterocycles. The first-order valence-electron chi connectivity index (χ1n) is 8.86. The highest BCUT2D eigenvalue weighted by atomic mass is 32.2. The van der Waals surface area contributed by atoms with Gasteiger partial charge in [0.25, 0.3) is 5.91 Å². The minimum Gasteiger partial charge on any atom is -0.457 e. The lowest BCUT2D eigenvalue weighted by molar-refractivity contribution is 0.0931. The van der Waals surface area contributed by atoms with E-state index in [2.05, 4.69) is 10.6 Å². The van der Waals surface area contributed by atoms with Crippen LogP contribution < -0.4 is 20.5 Å². The Kier molecular flexibility index (Phi) is 4.63. The first-order chi connectivity index (χ1) is 12.9. The molecule has 8 heteroatoms. The van der Waals surface area contributed by atoms with Crippen LogP contribution in [0.15, 0.2) is 53.4 Å². The van der Waals surface area contributed by atoms with Crippen molar-refractivity contribution < 1.29 is 17.9 Å². The SMILES string of the molecule is NS(=O)(=O)c1ccc(Oc2ccc(C(=O)N[C@@H]3C[C@H]4CC[C@@H]3N4)cc2)cc1. The van der Waals surface area contributed by atoms with Gasteiger partial charge in [-0.15, -0.1) is 0 Å². The maximum Gasteiger partial charge on any atom is 0.251 e. The second-order valence-electron chi connectivity index (χ2n) is 7.01. The second kappa shape index (κ2) is 6.95. The zero-order chi connectivity index (χ0) is 19.0. The summed E-state index contributed by atoms with van der Waals surface area (Å²) in [4.78, 5) is 12.5. The average molecular weight is 387 g/mol. The molecular weight excluding hydrogens is 366 g/mol. The molecule has 142 valence electrons. The van der Waals surface area contributed by atoms with E-state index in [-0.39, 0.29) is 16.8 Å². The predicted octanol–water partition coefficient (Wildman–Crippen LogP) is 1.75. The van der Waals surface area contributed by atoms with Crippen LogP contribution in [0.5, 0.6) is 11.5 Å². The third kappa shape index (κ3) is 3.97. The maximum atomic E-state index is 12.4. The highest BCUT2D eigenvalue weighted by Gasteiger charge is 2.39. The zero-order valence-corrected chi connectivity index (χ0v) is 15.4. The number of hydrogen-bond acceptors (Lipinski definition) is 5. The van der Waals surface area contributed by atoms with Gasteiger partial charge in [0.1, 0.15) is 11.5 Å². The van der Waals surface area contributed by atoms with Crippen LogP contribution in [0.25, 0.3) is 0 Å². The number of nitrogens with one attached hydrogen (secondary N) is 2. The number of nitrogens with two attached hydrogens (primary N) is 1. The quantitative estimate of drug-likeness (QED) is 0.724. The van der Waals surface area contributed by atoms with Crippen molar-refractivity contribution in [3.63, 3.8) is 0 Å². The molecule has 2 aromatic rings. The number of benzene rings is 2. The van der Waals surface area contributed by atoms with E-state index in [4.69, 9.17) is 9.88 Å². The molecule has 2 aromatic carbocycles. The van der Waals surface area contributed by atoms with E-state index < -0.39 is 10.0 Å². The summed E-state index contributed by atoms with van der Waals surface area (Å²) in [6.45, 7) is 0. The summed E-state index contributed by atoms with van der Waals surface area (Å²) in [6, 6.07) is 13.8. The van der Waals surface area contributed by atoms with E-state index in [9.17, 15) is 13.2 Å². The maximum absolute atomic E-state index is 12.4. The van der Waals surface area contributed by atoms with Gasteiger partial charge in [0.15, 0.2) is 0 Å². The third-order valence-corrected chi connectivity index (χ3v) is 6.05. The predicted molar refractivity (Wildman–Crippen MR) is 100 cm³/mol. The molecular formula is C19H21N3O4S. The lowest BCUT2D eigenvalue weighted by atomic mass is 9.95. The second-order valence-corrected chi connectivity index (χ2v) is 8.57. The minimum atomic E-state index is -3.73. The Hall–Kier alpha value is -2.42. The van der Waals surface area contributed by atoms with Crippen LogP contribution in [-0.2, 0) is 10.0 Å². The van der Waals surface area contributed by atoms with Gasteiger partial charge in [-0.2, -0.15) is 0 Å². The number of amides is 1. The lowest BCUT2D eigenvalue weighted by Crippen LogP contribution is -2.42. The summed E-state index contributed by atoms with van der Waals surface area (Å²) in [5.41, 5.74) is 0.578. The first-order valence-corrected chi connectivity index (χ1v) is 10.4. The zero-order valence-electron chi connectivity index (χ0n) is 14.6. The smallest absolute Gasteiger partial charge is 0.251 e. The van der Waals surface area contributed by atoms with Crippen molar-refractivity contribution in [2.45, 2.75) is 42.3 Å². The standard InChI is InChI=1S/C19H21N3O4S/c20-27(24,25)16-8-6-15(7-9-16)26-14-4-1-12(2-5-14)19(23)22-18-11-13-3-10-17(18)21-13/h1-2,4-9,13,17-18,21H,3,10-11H2,(H,22,23)(H2,20,24,25)/t13-,17+,18-/m1/s1. The highest BCUT2D eigenvalue weighted by molar-refractivity contribution is 7.89. The molecule has 3 atom stereocenters. The van der Waals surface area contributed by atoms with Gasteiger partial charge in [0.05, 0.1) is 4.90 Å². The van der Waals surface area contributed by atoms with Crippen molar-refractivity contribution in [2.75, 3.05) is 0 Å². The third-order valence-electron chi connectivity index (χ3n) is 5.12. The van der Waals surface area contributed by atoms with Crippen LogP contribution in [0, 0.1) is 0 Å². The summed E-state index contributed by atoms with van der Waals surface area (Å²) < 4.78 is 28.2. The Labute approximate surface area is 158 Å². The largest absolute Gasteiger partial charge is 0.457 e. The molecule has 4 rings (SSSR count). The van der Waals surface area contributed by atoms with Gasteiger partial charge in [0.2, 0.25) is 10.0 Å². The van der Waals surface area contributed by atoms with Crippen LogP contribution in [0.2, 0.25) is 0 Å². The molecule has 0 spiro atoms. The molecule has 0 saturated carbocycles. The van der Waals surface area contributed by atoms with Crippen molar-refractivity contribution in [1.82, 2.24) is 10.6 Å². The number of fused-ring (bicyclic) bond motifs is 2. The van der Waals surface area contributed by atoms with Crippen molar-refractivity contribution >= 4 is 15.9 Å². The summed E-state index contributed by atoms with van der Waals surface area (Å²) in [5.74, 6) is 0.947. The van der Waals surface area contributed by atoms with Gasteiger partial charge in [-0.1, -0.05) is 0 Å². The summed E-state index contributed by atoms with van der Waals surface area (Å²) in [5, 5.41) is 11.7. The lowest BCUT2D eigenvalue weighted by Gasteiger charge is -2.21. The number of hydrogen-bond donors (Lipinski definition) is 3. The molecule has 0 radical (unpaired) electrons. The topological polar surface area (TPSA) is 111 Å². The number of sulfonamides is 1. The molecule has 7 nitrogen and oxygen atoms in total. The Balaban J connectivity index is 1.38. The van der Waals surface area contributed by atoms with Crippen molar-refractivity contribution in [3.8, 4) is 11.5 Å². The van der Waals surface area contributed by atoms with Gasteiger partial charge in [0, 0.05) is 23.7 Å². The van der Waals surface area contributed by atoms with Crippen LogP contribution in [0.3, 0.4) is 0 Å². The van der Waals surface area contributed by atoms with E-state index in [0.29, 0.717) is 29.1 Å². The number of ether oxygens (including phenoxy) is 1. The van der Waals surface area contributed by atoms with Gasteiger partial charge >= 0.3 is 0 Å². The van der Waals surface area contributed by atoms with Gasteiger partial charge in [-0.25, -0.2) is 13.6 Å². The van der Waals surface area contributed by atoms with E-state index in [1.54, 1.807) is 24.3 Å². The fraction of sp³-hybridized carbons (Fsp3) is 0.316. The van der Waals surface area contributed by atoms with Crippen molar-refractivity contribution in [3.05, 3.63) is 54.1 Å². The Bertz CT molecular complexity index is 942. The van der Waals surface area contributed by atoms with Crippen LogP contribution in [0.1, 0.15) is 29.6 Å². The Morgan fingerprint density at radius 3 is 2.19 bits per heavy atom. The number of carbonyl (C=O) groups excluding carboxylic acids is 1. The van der Waals surface area contributed by atoms with Crippen LogP contribution in [-0.4, -0.2) is 32.5 Å². The number of rotatable bonds is 5. The molecule has 2 fully saturated rings. The fourth-order valence-corrected chi connectivity index (χ4v) is 4.26. The molecule has 1 amide bonds. The number of primary sulfonamides is 1. The van der Waals surface area contributed by atoms with Crippen LogP contribution >= 0.6 is 0 Å². The van der Waals surface area contributed by atoms with E-state index in [0.717, 1.165) is 12.8 Å². The van der Waals surface area contributed by atoms with Gasteiger partial charge in [-0.05, 0) is 67.8 Å². The monoisotopic (exact) mass is 387 g/mol. The highest BCUT2D eigenvalue weighted by Crippen LogP contribution is 2.28. The molecule has 27 heavy (non-hydrogen) atoms. The normalized spacial score (nSPS) is 24.0. The molecule has 2 bridgehead atoms. The molecule has 0 unspecified atom stereocenters. The van der Waals surface area contributed by atoms with Crippen molar-refractivity contribution in [1.29, 1.82) is 0 Å². The van der Waals surface area contributed by atoms with E-state index >= 15 is 0 Å². The summed E-state index contributed by atoms with van der Waals surface area (Å²) in [6.07, 6.45) is 3.31. The molecule has 2 saturated heterocycles. The first kappa shape index (κ1) is 18.0. The Morgan fingerprint density at radius 2 is 1.67 bits per heavy atom. The molecule has 2 heterocycles. The average Bonchev–Trinajstić information content (AvgIpc) is 3.25. The van der Waals surface area contributed by atoms with Crippen LogP contribution in [0.4, 0.5) is 0 Å². The molecule has 2 aliphatic rings. The van der Waals surface area contributed by atoms with Gasteiger partial charge < -0.3 is 15.4 Å². The molecule has 0 aromatic heterocycles. The Morgan fingerprint density at radius 1 is 1.04 bits per heavy atom. The molecule has 0 aliphatic carbocycles. The summed E-state index contributed by atoms with van der Waals surface area (Å²) in [7, 11) is -3.73.